The molecule has 32 heavy (non-hydrogen) atoms. The van der Waals surface area contributed by atoms with E-state index in [0.717, 1.165) is 31.7 Å². The van der Waals surface area contributed by atoms with Crippen LogP contribution in [0.4, 0.5) is 4.39 Å². The van der Waals surface area contributed by atoms with E-state index >= 15 is 0 Å². The van der Waals surface area contributed by atoms with Gasteiger partial charge in [0.2, 0.25) is 15.9 Å². The standard InChI is InChI=1S/C22H26FN3O4S2/c23-17-7-4-5-9-20(17)32(29,30)26-12-10-15(11-13-26)21(27)24-25-22(28)19-14-16-6-2-1-3-8-18(16)31-19/h4-5,7,9,14-15H,1-3,6,8,10-13H2,(H,24,27)(H,25,28). The normalized spacial score (nSPS) is 17.9. The number of rotatable bonds is 4. The molecule has 2 aromatic rings. The molecule has 1 saturated heterocycles. The van der Waals surface area contributed by atoms with Gasteiger partial charge in [-0.25, -0.2) is 12.8 Å². The molecule has 0 spiro atoms. The van der Waals surface area contributed by atoms with Crippen LogP contribution in [-0.4, -0.2) is 37.6 Å². The summed E-state index contributed by atoms with van der Waals surface area (Å²) in [6.07, 6.45) is 6.04. The van der Waals surface area contributed by atoms with Crippen LogP contribution in [0.15, 0.2) is 35.2 Å². The smallest absolute Gasteiger partial charge is 0.273 e. The van der Waals surface area contributed by atoms with Gasteiger partial charge in [-0.2, -0.15) is 4.31 Å². The van der Waals surface area contributed by atoms with E-state index in [2.05, 4.69) is 10.9 Å². The van der Waals surface area contributed by atoms with Crippen molar-refractivity contribution in [3.05, 3.63) is 51.5 Å². The third kappa shape index (κ3) is 4.87. The molecule has 0 bridgehead atoms. The average molecular weight is 480 g/mol. The Morgan fingerprint density at radius 2 is 1.75 bits per heavy atom. The molecule has 0 unspecified atom stereocenters. The average Bonchev–Trinajstić information content (AvgIpc) is 3.08. The van der Waals surface area contributed by atoms with Crippen LogP contribution in [0.25, 0.3) is 0 Å². The predicted octanol–water partition coefficient (Wildman–Crippen LogP) is 3.02. The van der Waals surface area contributed by atoms with Gasteiger partial charge in [0.25, 0.3) is 5.91 Å². The lowest BCUT2D eigenvalue weighted by atomic mass is 9.98. The number of hydrogen-bond acceptors (Lipinski definition) is 5. The number of nitrogens with one attached hydrogen (secondary N) is 2. The summed E-state index contributed by atoms with van der Waals surface area (Å²) in [4.78, 5) is 26.5. The van der Waals surface area contributed by atoms with Gasteiger partial charge in [0.05, 0.1) is 4.88 Å². The van der Waals surface area contributed by atoms with Gasteiger partial charge in [-0.15, -0.1) is 11.3 Å². The third-order valence-corrected chi connectivity index (χ3v) is 9.22. The Bertz CT molecular complexity index is 1080. The number of thiophene rings is 1. The fraction of sp³-hybridized carbons (Fsp3) is 0.455. The van der Waals surface area contributed by atoms with E-state index in [1.807, 2.05) is 6.07 Å². The van der Waals surface area contributed by atoms with Crippen LogP contribution in [-0.2, 0) is 27.7 Å². The quantitative estimate of drug-likeness (QED) is 0.521. The molecule has 4 rings (SSSR count). The Labute approximate surface area is 191 Å². The first-order valence-corrected chi connectivity index (χ1v) is 13.1. The van der Waals surface area contributed by atoms with E-state index in [1.54, 1.807) is 0 Å². The number of hydrazine groups is 1. The zero-order valence-electron chi connectivity index (χ0n) is 17.6. The van der Waals surface area contributed by atoms with Gasteiger partial charge in [0, 0.05) is 23.9 Å². The molecule has 2 aliphatic rings. The summed E-state index contributed by atoms with van der Waals surface area (Å²) in [6, 6.07) is 7.18. The van der Waals surface area contributed by atoms with Gasteiger partial charge < -0.3 is 0 Å². The molecule has 10 heteroatoms. The first-order valence-electron chi connectivity index (χ1n) is 10.8. The molecular formula is C22H26FN3O4S2. The summed E-state index contributed by atoms with van der Waals surface area (Å²) in [7, 11) is -3.95. The maximum atomic E-state index is 13.9. The fourth-order valence-electron chi connectivity index (χ4n) is 4.21. The second-order valence-corrected chi connectivity index (χ2v) is 11.2. The third-order valence-electron chi connectivity index (χ3n) is 6.05. The SMILES string of the molecule is O=C(NNC(=O)C1CCN(S(=O)(=O)c2ccccc2F)CC1)c1cc2c(s1)CCCCC2. The molecule has 0 saturated carbocycles. The maximum absolute atomic E-state index is 13.9. The van der Waals surface area contributed by atoms with Crippen molar-refractivity contribution in [2.45, 2.75) is 49.8 Å². The Hall–Kier alpha value is -2.30. The molecule has 1 aromatic heterocycles. The number of amides is 2. The maximum Gasteiger partial charge on any atom is 0.279 e. The van der Waals surface area contributed by atoms with Gasteiger partial charge in [0.1, 0.15) is 10.7 Å². The Balaban J connectivity index is 1.29. The van der Waals surface area contributed by atoms with Crippen LogP contribution >= 0.6 is 11.3 Å². The van der Waals surface area contributed by atoms with E-state index in [9.17, 15) is 22.4 Å². The summed E-state index contributed by atoms with van der Waals surface area (Å²) in [5.41, 5.74) is 6.19. The number of nitrogens with zero attached hydrogens (tertiary/aromatic N) is 1. The van der Waals surface area contributed by atoms with Crippen LogP contribution in [0.5, 0.6) is 0 Å². The van der Waals surface area contributed by atoms with Crippen LogP contribution in [0, 0.1) is 11.7 Å². The van der Waals surface area contributed by atoms with E-state index in [4.69, 9.17) is 0 Å². The Kier molecular flexibility index (Phi) is 6.92. The topological polar surface area (TPSA) is 95.6 Å². The predicted molar refractivity (Wildman–Crippen MR) is 119 cm³/mol. The summed E-state index contributed by atoms with van der Waals surface area (Å²) in [5, 5.41) is 0. The minimum absolute atomic E-state index is 0.111. The lowest BCUT2D eigenvalue weighted by Gasteiger charge is -2.30. The number of benzene rings is 1. The van der Waals surface area contributed by atoms with Crippen molar-refractivity contribution >= 4 is 33.2 Å². The van der Waals surface area contributed by atoms with Crippen LogP contribution in [0.1, 0.15) is 52.2 Å². The molecule has 1 aliphatic heterocycles. The van der Waals surface area contributed by atoms with Gasteiger partial charge in [-0.1, -0.05) is 18.6 Å². The second kappa shape index (κ2) is 9.68. The van der Waals surface area contributed by atoms with Crippen molar-refractivity contribution in [3.8, 4) is 0 Å². The first-order chi connectivity index (χ1) is 15.4. The summed E-state index contributed by atoms with van der Waals surface area (Å²) in [5.74, 6) is -1.90. The molecule has 2 heterocycles. The van der Waals surface area contributed by atoms with Crippen molar-refractivity contribution in [2.75, 3.05) is 13.1 Å². The van der Waals surface area contributed by atoms with Crippen molar-refractivity contribution in [1.29, 1.82) is 0 Å². The highest BCUT2D eigenvalue weighted by Gasteiger charge is 2.33. The summed E-state index contributed by atoms with van der Waals surface area (Å²) >= 11 is 1.48. The zero-order valence-corrected chi connectivity index (χ0v) is 19.2. The largest absolute Gasteiger partial charge is 0.279 e. The molecule has 172 valence electrons. The van der Waals surface area contributed by atoms with Crippen LogP contribution in [0.3, 0.4) is 0 Å². The molecule has 0 atom stereocenters. The molecule has 2 amide bonds. The van der Waals surface area contributed by atoms with Crippen LogP contribution < -0.4 is 10.9 Å². The first kappa shape index (κ1) is 22.9. The molecule has 7 nitrogen and oxygen atoms in total. The molecule has 1 aliphatic carbocycles. The van der Waals surface area contributed by atoms with Crippen molar-refractivity contribution < 1.29 is 22.4 Å². The lowest BCUT2D eigenvalue weighted by Crippen LogP contribution is -2.48. The number of fused-ring (bicyclic) bond motifs is 1. The molecular weight excluding hydrogens is 453 g/mol. The number of hydrogen-bond donors (Lipinski definition) is 2. The number of sulfonamides is 1. The number of aryl methyl sites for hydroxylation is 2. The molecule has 1 fully saturated rings. The summed E-state index contributed by atoms with van der Waals surface area (Å²) < 4.78 is 40.5. The van der Waals surface area contributed by atoms with Gasteiger partial charge >= 0.3 is 0 Å². The molecule has 0 radical (unpaired) electrons. The minimum Gasteiger partial charge on any atom is -0.273 e. The van der Waals surface area contributed by atoms with Gasteiger partial charge in [0.15, 0.2) is 0 Å². The Morgan fingerprint density at radius 1 is 1.03 bits per heavy atom. The van der Waals surface area contributed by atoms with Crippen molar-refractivity contribution in [2.24, 2.45) is 5.92 Å². The number of piperidine rings is 1. The zero-order chi connectivity index (χ0) is 22.7. The van der Waals surface area contributed by atoms with Crippen molar-refractivity contribution in [1.82, 2.24) is 15.2 Å². The fourth-order valence-corrected chi connectivity index (χ4v) is 6.90. The number of carbonyl (C=O) groups is 2. The van der Waals surface area contributed by atoms with E-state index in [-0.39, 0.29) is 29.8 Å². The molecule has 2 N–H and O–H groups in total. The second-order valence-electron chi connectivity index (χ2n) is 8.17. The highest BCUT2D eigenvalue weighted by atomic mass is 32.2. The van der Waals surface area contributed by atoms with E-state index < -0.39 is 21.8 Å². The summed E-state index contributed by atoms with van der Waals surface area (Å²) in [6.45, 7) is 0.223. The monoisotopic (exact) mass is 479 g/mol. The van der Waals surface area contributed by atoms with Crippen LogP contribution in [0.2, 0.25) is 0 Å². The highest BCUT2D eigenvalue weighted by molar-refractivity contribution is 7.89. The van der Waals surface area contributed by atoms with Gasteiger partial charge in [-0.3, -0.25) is 20.4 Å². The number of carbonyl (C=O) groups excluding carboxylic acids is 2. The Morgan fingerprint density at radius 3 is 2.50 bits per heavy atom. The minimum atomic E-state index is -3.95. The lowest BCUT2D eigenvalue weighted by molar-refractivity contribution is -0.126. The molecule has 1 aromatic carbocycles. The highest BCUT2D eigenvalue weighted by Crippen LogP contribution is 2.29. The van der Waals surface area contributed by atoms with E-state index in [0.29, 0.717) is 17.7 Å². The van der Waals surface area contributed by atoms with E-state index in [1.165, 1.54) is 50.7 Å². The van der Waals surface area contributed by atoms with Crippen molar-refractivity contribution in [3.63, 3.8) is 0 Å². The van der Waals surface area contributed by atoms with Gasteiger partial charge in [-0.05, 0) is 62.3 Å². The number of halogens is 1.